The average molecular weight is 360 g/mol. The summed E-state index contributed by atoms with van der Waals surface area (Å²) in [5.41, 5.74) is 3.48. The van der Waals surface area contributed by atoms with Crippen LogP contribution in [0.4, 0.5) is 11.4 Å². The second kappa shape index (κ2) is 8.19. The van der Waals surface area contributed by atoms with E-state index in [1.807, 2.05) is 31.2 Å². The number of hydrogen-bond donors (Lipinski definition) is 2. The summed E-state index contributed by atoms with van der Waals surface area (Å²) in [5, 5.41) is 5.64. The summed E-state index contributed by atoms with van der Waals surface area (Å²) in [6, 6.07) is 21.2. The number of anilines is 2. The molecule has 3 aromatic rings. The third-order valence-corrected chi connectivity index (χ3v) is 4.07. The lowest BCUT2D eigenvalue weighted by molar-refractivity contribution is 0.101. The zero-order valence-electron chi connectivity index (χ0n) is 15.2. The molecule has 0 aliphatic heterocycles. The maximum Gasteiger partial charge on any atom is 0.255 e. The Morgan fingerprint density at radius 1 is 0.667 bits per heavy atom. The van der Waals surface area contributed by atoms with Gasteiger partial charge in [-0.3, -0.25) is 9.59 Å². The third kappa shape index (κ3) is 4.73. The summed E-state index contributed by atoms with van der Waals surface area (Å²) < 4.78 is 5.09. The maximum atomic E-state index is 12.3. The Balaban J connectivity index is 1.63. The first-order chi connectivity index (χ1) is 13.0. The van der Waals surface area contributed by atoms with Crippen LogP contribution in [0.3, 0.4) is 0 Å². The number of benzene rings is 3. The van der Waals surface area contributed by atoms with E-state index in [0.717, 1.165) is 17.0 Å². The standard InChI is InChI=1S/C22H20N2O3/c1-15-3-9-18(10-4-15)23-21(25)16-5-7-17(8-6-16)22(26)24-19-11-13-20(27-2)14-12-19/h3-14H,1-2H3,(H,23,25)(H,24,26). The van der Waals surface area contributed by atoms with E-state index in [9.17, 15) is 9.59 Å². The first-order valence-corrected chi connectivity index (χ1v) is 8.48. The molecule has 0 fully saturated rings. The molecule has 136 valence electrons. The lowest BCUT2D eigenvalue weighted by Gasteiger charge is -2.08. The van der Waals surface area contributed by atoms with Gasteiger partial charge >= 0.3 is 0 Å². The number of aryl methyl sites for hydroxylation is 1. The Kier molecular flexibility index (Phi) is 5.52. The molecule has 0 saturated heterocycles. The Hall–Kier alpha value is -3.60. The number of hydrogen-bond acceptors (Lipinski definition) is 3. The van der Waals surface area contributed by atoms with Crippen LogP contribution < -0.4 is 15.4 Å². The van der Waals surface area contributed by atoms with Gasteiger partial charge in [-0.2, -0.15) is 0 Å². The fraction of sp³-hybridized carbons (Fsp3) is 0.0909. The van der Waals surface area contributed by atoms with Crippen LogP contribution in [-0.4, -0.2) is 18.9 Å². The molecular formula is C22H20N2O3. The summed E-state index contributed by atoms with van der Waals surface area (Å²) >= 11 is 0. The molecule has 0 aliphatic rings. The molecule has 2 N–H and O–H groups in total. The van der Waals surface area contributed by atoms with Gasteiger partial charge in [-0.05, 0) is 67.6 Å². The zero-order valence-corrected chi connectivity index (χ0v) is 15.2. The van der Waals surface area contributed by atoms with Crippen molar-refractivity contribution in [2.75, 3.05) is 17.7 Å². The summed E-state index contributed by atoms with van der Waals surface area (Å²) in [5.74, 6) is 0.253. The lowest BCUT2D eigenvalue weighted by Crippen LogP contribution is -2.14. The minimum Gasteiger partial charge on any atom is -0.497 e. The molecule has 2 amide bonds. The van der Waals surface area contributed by atoms with Crippen molar-refractivity contribution >= 4 is 23.2 Å². The highest BCUT2D eigenvalue weighted by molar-refractivity contribution is 6.07. The molecule has 0 bridgehead atoms. The van der Waals surface area contributed by atoms with Crippen molar-refractivity contribution in [2.45, 2.75) is 6.92 Å². The minimum absolute atomic E-state index is 0.221. The number of methoxy groups -OCH3 is 1. The SMILES string of the molecule is COc1ccc(NC(=O)c2ccc(C(=O)Nc3ccc(C)cc3)cc2)cc1. The van der Waals surface area contributed by atoms with E-state index in [-0.39, 0.29) is 11.8 Å². The number of carbonyl (C=O) groups excluding carboxylic acids is 2. The van der Waals surface area contributed by atoms with Gasteiger partial charge in [0.2, 0.25) is 0 Å². The van der Waals surface area contributed by atoms with Crippen molar-refractivity contribution < 1.29 is 14.3 Å². The van der Waals surface area contributed by atoms with Crippen molar-refractivity contribution in [3.05, 3.63) is 89.5 Å². The Morgan fingerprint density at radius 3 is 1.48 bits per heavy atom. The van der Waals surface area contributed by atoms with Crippen molar-refractivity contribution in [3.8, 4) is 5.75 Å². The van der Waals surface area contributed by atoms with Crippen LogP contribution in [0.2, 0.25) is 0 Å². The molecule has 3 aromatic carbocycles. The molecule has 0 heterocycles. The predicted octanol–water partition coefficient (Wildman–Crippen LogP) is 4.51. The van der Waals surface area contributed by atoms with Crippen molar-refractivity contribution in [3.63, 3.8) is 0 Å². The van der Waals surface area contributed by atoms with E-state index in [0.29, 0.717) is 16.8 Å². The largest absolute Gasteiger partial charge is 0.497 e. The van der Waals surface area contributed by atoms with E-state index in [1.165, 1.54) is 0 Å². The van der Waals surface area contributed by atoms with Gasteiger partial charge in [0.05, 0.1) is 7.11 Å². The van der Waals surface area contributed by atoms with Crippen molar-refractivity contribution in [2.24, 2.45) is 0 Å². The smallest absolute Gasteiger partial charge is 0.255 e. The number of amides is 2. The maximum absolute atomic E-state index is 12.3. The van der Waals surface area contributed by atoms with Crippen LogP contribution in [0.5, 0.6) is 5.75 Å². The van der Waals surface area contributed by atoms with Crippen molar-refractivity contribution in [1.29, 1.82) is 0 Å². The first-order valence-electron chi connectivity index (χ1n) is 8.48. The second-order valence-corrected chi connectivity index (χ2v) is 6.08. The monoisotopic (exact) mass is 360 g/mol. The molecule has 27 heavy (non-hydrogen) atoms. The van der Waals surface area contributed by atoms with Crippen LogP contribution in [-0.2, 0) is 0 Å². The van der Waals surface area contributed by atoms with Gasteiger partial charge in [-0.25, -0.2) is 0 Å². The fourth-order valence-electron chi connectivity index (χ4n) is 2.49. The number of nitrogens with one attached hydrogen (secondary N) is 2. The van der Waals surface area contributed by atoms with Crippen LogP contribution in [0.1, 0.15) is 26.3 Å². The predicted molar refractivity (Wildman–Crippen MR) is 107 cm³/mol. The average Bonchev–Trinajstić information content (AvgIpc) is 2.70. The molecule has 0 radical (unpaired) electrons. The normalized spacial score (nSPS) is 10.1. The molecule has 0 aliphatic carbocycles. The van der Waals surface area contributed by atoms with Gasteiger partial charge < -0.3 is 15.4 Å². The van der Waals surface area contributed by atoms with Gasteiger partial charge in [0, 0.05) is 22.5 Å². The molecule has 0 saturated carbocycles. The molecule has 0 aromatic heterocycles. The molecule has 0 atom stereocenters. The topological polar surface area (TPSA) is 67.4 Å². The molecule has 5 nitrogen and oxygen atoms in total. The van der Waals surface area contributed by atoms with Gasteiger partial charge in [0.1, 0.15) is 5.75 Å². The van der Waals surface area contributed by atoms with Crippen LogP contribution in [0, 0.1) is 6.92 Å². The van der Waals surface area contributed by atoms with E-state index >= 15 is 0 Å². The molecule has 3 rings (SSSR count). The lowest BCUT2D eigenvalue weighted by atomic mass is 10.1. The fourth-order valence-corrected chi connectivity index (χ4v) is 2.49. The summed E-state index contributed by atoms with van der Waals surface area (Å²) in [6.45, 7) is 1.99. The quantitative estimate of drug-likeness (QED) is 0.703. The molecule has 5 heteroatoms. The van der Waals surface area contributed by atoms with Crippen LogP contribution >= 0.6 is 0 Å². The molecular weight excluding hydrogens is 340 g/mol. The van der Waals surface area contributed by atoms with Gasteiger partial charge in [0.15, 0.2) is 0 Å². The Bertz CT molecular complexity index is 931. The Morgan fingerprint density at radius 2 is 1.07 bits per heavy atom. The highest BCUT2D eigenvalue weighted by Gasteiger charge is 2.10. The molecule has 0 unspecified atom stereocenters. The van der Waals surface area contributed by atoms with Gasteiger partial charge in [-0.15, -0.1) is 0 Å². The minimum atomic E-state index is -0.245. The highest BCUT2D eigenvalue weighted by Crippen LogP contribution is 2.16. The van der Waals surface area contributed by atoms with E-state index in [2.05, 4.69) is 10.6 Å². The number of rotatable bonds is 5. The zero-order chi connectivity index (χ0) is 19.2. The van der Waals surface area contributed by atoms with E-state index in [4.69, 9.17) is 4.74 Å². The van der Waals surface area contributed by atoms with E-state index in [1.54, 1.807) is 55.6 Å². The van der Waals surface area contributed by atoms with E-state index < -0.39 is 0 Å². The van der Waals surface area contributed by atoms with Gasteiger partial charge in [-0.1, -0.05) is 17.7 Å². The van der Waals surface area contributed by atoms with Crippen LogP contribution in [0.15, 0.2) is 72.8 Å². The highest BCUT2D eigenvalue weighted by atomic mass is 16.5. The first kappa shape index (κ1) is 18.2. The van der Waals surface area contributed by atoms with Crippen molar-refractivity contribution in [1.82, 2.24) is 0 Å². The Labute approximate surface area is 158 Å². The van der Waals surface area contributed by atoms with Gasteiger partial charge in [0.25, 0.3) is 11.8 Å². The molecule has 0 spiro atoms. The summed E-state index contributed by atoms with van der Waals surface area (Å²) in [4.78, 5) is 24.6. The summed E-state index contributed by atoms with van der Waals surface area (Å²) in [6.07, 6.45) is 0. The number of ether oxygens (including phenoxy) is 1. The summed E-state index contributed by atoms with van der Waals surface area (Å²) in [7, 11) is 1.59. The second-order valence-electron chi connectivity index (χ2n) is 6.08. The number of carbonyl (C=O) groups is 2. The van der Waals surface area contributed by atoms with Crippen LogP contribution in [0.25, 0.3) is 0 Å². The third-order valence-electron chi connectivity index (χ3n) is 4.07.